The molecule has 0 aromatic rings. The van der Waals surface area contributed by atoms with Crippen molar-refractivity contribution in [3.8, 4) is 0 Å². The minimum absolute atomic E-state index is 0.0143. The van der Waals surface area contributed by atoms with Gasteiger partial charge in [-0.05, 0) is 31.8 Å². The Bertz CT molecular complexity index is 549. The number of fused-ring (bicyclic) bond motifs is 2. The van der Waals surface area contributed by atoms with Gasteiger partial charge in [0.25, 0.3) is 0 Å². The molecular weight excluding hydrogens is 284 g/mol. The lowest BCUT2D eigenvalue weighted by molar-refractivity contribution is -0.141. The Kier molecular flexibility index (Phi) is 3.85. The Morgan fingerprint density at radius 3 is 3.05 bits per heavy atom. The number of epoxide rings is 1. The zero-order chi connectivity index (χ0) is 15.9. The molecule has 4 atom stereocenters. The van der Waals surface area contributed by atoms with Crippen LogP contribution in [0.2, 0.25) is 0 Å². The third kappa shape index (κ3) is 2.95. The Morgan fingerprint density at radius 2 is 2.32 bits per heavy atom. The molecule has 0 spiro atoms. The maximum absolute atomic E-state index is 11.8. The highest BCUT2D eigenvalue weighted by Gasteiger charge is 2.55. The van der Waals surface area contributed by atoms with Crippen LogP contribution in [0, 0.1) is 5.92 Å². The standard InChI is InChI=1S/C17H22O5/c1-10-13-6-4-12(9-20-11(2)18)5-7-15-17(3,22-15)8-14(13)21-16(10)19/h4,13-15H,1,5-9H2,2-3H3/b12-4+/t13-,14+,15-,17-/m1/s1. The highest BCUT2D eigenvalue weighted by atomic mass is 16.6. The van der Waals surface area contributed by atoms with Gasteiger partial charge in [-0.3, -0.25) is 4.79 Å². The molecule has 0 aromatic carbocycles. The van der Waals surface area contributed by atoms with E-state index >= 15 is 0 Å². The molecule has 1 aliphatic carbocycles. The van der Waals surface area contributed by atoms with Gasteiger partial charge in [-0.1, -0.05) is 12.7 Å². The van der Waals surface area contributed by atoms with Gasteiger partial charge in [0.1, 0.15) is 12.7 Å². The molecule has 0 radical (unpaired) electrons. The van der Waals surface area contributed by atoms with Crippen LogP contribution in [0.3, 0.4) is 0 Å². The van der Waals surface area contributed by atoms with Crippen molar-refractivity contribution < 1.29 is 23.8 Å². The molecule has 5 heteroatoms. The van der Waals surface area contributed by atoms with Gasteiger partial charge in [0.2, 0.25) is 0 Å². The fraction of sp³-hybridized carbons (Fsp3) is 0.647. The summed E-state index contributed by atoms with van der Waals surface area (Å²) in [7, 11) is 0. The molecule has 3 aliphatic rings. The molecule has 22 heavy (non-hydrogen) atoms. The molecule has 0 unspecified atom stereocenters. The number of ether oxygens (including phenoxy) is 3. The molecule has 120 valence electrons. The van der Waals surface area contributed by atoms with Crippen LogP contribution in [-0.2, 0) is 23.8 Å². The molecule has 2 saturated heterocycles. The lowest BCUT2D eigenvalue weighted by Gasteiger charge is -2.20. The second-order valence-electron chi connectivity index (χ2n) is 6.62. The van der Waals surface area contributed by atoms with Gasteiger partial charge in [0.15, 0.2) is 0 Å². The second-order valence-corrected chi connectivity index (χ2v) is 6.62. The van der Waals surface area contributed by atoms with Crippen molar-refractivity contribution in [2.45, 2.75) is 57.3 Å². The van der Waals surface area contributed by atoms with E-state index < -0.39 is 0 Å². The van der Waals surface area contributed by atoms with E-state index in [2.05, 4.69) is 19.6 Å². The largest absolute Gasteiger partial charge is 0.461 e. The first-order valence-corrected chi connectivity index (χ1v) is 7.78. The third-order valence-corrected chi connectivity index (χ3v) is 4.91. The summed E-state index contributed by atoms with van der Waals surface area (Å²) in [5.41, 5.74) is 1.40. The lowest BCUT2D eigenvalue weighted by Crippen LogP contribution is -2.26. The van der Waals surface area contributed by atoms with Gasteiger partial charge in [0.05, 0.1) is 11.7 Å². The van der Waals surface area contributed by atoms with Crippen LogP contribution < -0.4 is 0 Å². The number of hydrogen-bond donors (Lipinski definition) is 0. The Balaban J connectivity index is 1.78. The summed E-state index contributed by atoms with van der Waals surface area (Å²) >= 11 is 0. The average Bonchev–Trinajstić information content (AvgIpc) is 3.01. The van der Waals surface area contributed by atoms with Crippen molar-refractivity contribution in [1.29, 1.82) is 0 Å². The maximum Gasteiger partial charge on any atom is 0.334 e. The number of hydrogen-bond acceptors (Lipinski definition) is 5. The molecular formula is C17H22O5. The number of carbonyl (C=O) groups excluding carboxylic acids is 2. The molecule has 0 bridgehead atoms. The van der Waals surface area contributed by atoms with Crippen molar-refractivity contribution in [1.82, 2.24) is 0 Å². The van der Waals surface area contributed by atoms with Crippen LogP contribution in [0.4, 0.5) is 0 Å². The van der Waals surface area contributed by atoms with E-state index in [4.69, 9.17) is 14.2 Å². The second kappa shape index (κ2) is 5.54. The summed E-state index contributed by atoms with van der Waals surface area (Å²) in [5.74, 6) is -0.600. The van der Waals surface area contributed by atoms with E-state index in [0.717, 1.165) is 24.8 Å². The van der Waals surface area contributed by atoms with E-state index in [1.807, 2.05) is 0 Å². The highest BCUT2D eigenvalue weighted by Crippen LogP contribution is 2.47. The molecule has 2 heterocycles. The molecule has 0 aromatic heterocycles. The van der Waals surface area contributed by atoms with Crippen molar-refractivity contribution in [2.24, 2.45) is 5.92 Å². The Morgan fingerprint density at radius 1 is 1.55 bits per heavy atom. The van der Waals surface area contributed by atoms with Crippen LogP contribution in [0.15, 0.2) is 23.8 Å². The van der Waals surface area contributed by atoms with E-state index in [-0.39, 0.29) is 35.7 Å². The van der Waals surface area contributed by atoms with Gasteiger partial charge < -0.3 is 14.2 Å². The summed E-state index contributed by atoms with van der Waals surface area (Å²) in [5, 5.41) is 0. The highest BCUT2D eigenvalue weighted by molar-refractivity contribution is 5.90. The smallest absolute Gasteiger partial charge is 0.334 e. The van der Waals surface area contributed by atoms with E-state index in [1.165, 1.54) is 6.92 Å². The number of allylic oxidation sites excluding steroid dienone is 1. The monoisotopic (exact) mass is 306 g/mol. The first-order valence-electron chi connectivity index (χ1n) is 7.78. The van der Waals surface area contributed by atoms with Crippen LogP contribution in [0.1, 0.15) is 39.5 Å². The molecule has 0 amide bonds. The van der Waals surface area contributed by atoms with Crippen molar-refractivity contribution >= 4 is 11.9 Å². The third-order valence-electron chi connectivity index (χ3n) is 4.91. The molecule has 2 fully saturated rings. The average molecular weight is 306 g/mol. The zero-order valence-electron chi connectivity index (χ0n) is 13.1. The molecule has 2 aliphatic heterocycles. The number of esters is 2. The molecule has 5 nitrogen and oxygen atoms in total. The van der Waals surface area contributed by atoms with Crippen LogP contribution in [0.5, 0.6) is 0 Å². The van der Waals surface area contributed by atoms with Gasteiger partial charge in [0, 0.05) is 24.8 Å². The fourth-order valence-corrected chi connectivity index (χ4v) is 3.42. The van der Waals surface area contributed by atoms with Gasteiger partial charge in [-0.25, -0.2) is 4.79 Å². The maximum atomic E-state index is 11.8. The van der Waals surface area contributed by atoms with Gasteiger partial charge in [-0.15, -0.1) is 0 Å². The zero-order valence-corrected chi connectivity index (χ0v) is 13.1. The predicted octanol–water partition coefficient (Wildman–Crippen LogP) is 2.31. The first-order chi connectivity index (χ1) is 10.4. The minimum Gasteiger partial charge on any atom is -0.461 e. The lowest BCUT2D eigenvalue weighted by atomic mass is 9.84. The van der Waals surface area contributed by atoms with Crippen LogP contribution in [-0.4, -0.2) is 36.4 Å². The van der Waals surface area contributed by atoms with Crippen molar-refractivity contribution in [3.63, 3.8) is 0 Å². The summed E-state index contributed by atoms with van der Waals surface area (Å²) in [4.78, 5) is 22.8. The minimum atomic E-state index is -0.301. The van der Waals surface area contributed by atoms with Crippen LogP contribution in [0.25, 0.3) is 0 Å². The fourth-order valence-electron chi connectivity index (χ4n) is 3.42. The summed E-state index contributed by atoms with van der Waals surface area (Å²) in [6, 6.07) is 0. The van der Waals surface area contributed by atoms with Crippen molar-refractivity contribution in [3.05, 3.63) is 23.8 Å². The van der Waals surface area contributed by atoms with Crippen LogP contribution >= 0.6 is 0 Å². The number of rotatable bonds is 2. The summed E-state index contributed by atoms with van der Waals surface area (Å²) in [6.07, 6.45) is 5.23. The predicted molar refractivity (Wildman–Crippen MR) is 79.0 cm³/mol. The Labute approximate surface area is 130 Å². The quantitative estimate of drug-likeness (QED) is 0.339. The number of carbonyl (C=O) groups is 2. The Hall–Kier alpha value is -1.62. The van der Waals surface area contributed by atoms with Gasteiger partial charge in [-0.2, -0.15) is 0 Å². The van der Waals surface area contributed by atoms with Gasteiger partial charge >= 0.3 is 11.9 Å². The van der Waals surface area contributed by atoms with E-state index in [0.29, 0.717) is 18.6 Å². The van der Waals surface area contributed by atoms with Crippen molar-refractivity contribution in [2.75, 3.05) is 6.61 Å². The topological polar surface area (TPSA) is 65.1 Å². The normalized spacial score (nSPS) is 39.9. The summed E-state index contributed by atoms with van der Waals surface area (Å²) in [6.45, 7) is 7.66. The first kappa shape index (κ1) is 15.3. The van der Waals surface area contributed by atoms with E-state index in [9.17, 15) is 9.59 Å². The van der Waals surface area contributed by atoms with E-state index in [1.54, 1.807) is 0 Å². The summed E-state index contributed by atoms with van der Waals surface area (Å²) < 4.78 is 16.4. The SMILES string of the molecule is C=C1C(=O)O[C@H]2C[C@@]3(C)O[C@@H]3CC/C(COC(C)=O)=C\C[C@H]12. The molecule has 0 saturated carbocycles. The molecule has 3 rings (SSSR count). The molecule has 0 N–H and O–H groups in total.